The Morgan fingerprint density at radius 3 is 2.86 bits per heavy atom. The second-order valence-electron chi connectivity index (χ2n) is 4.55. The number of rotatable bonds is 5. The fourth-order valence-electron chi connectivity index (χ4n) is 2.05. The molecule has 0 fully saturated rings. The van der Waals surface area contributed by atoms with E-state index in [-0.39, 0.29) is 5.63 Å². The van der Waals surface area contributed by atoms with Crippen LogP contribution in [0.2, 0.25) is 0 Å². The Morgan fingerprint density at radius 1 is 1.36 bits per heavy atom. The van der Waals surface area contributed by atoms with Crippen molar-refractivity contribution in [1.29, 1.82) is 0 Å². The van der Waals surface area contributed by atoms with Gasteiger partial charge >= 0.3 is 5.63 Å². The molecule has 0 aliphatic heterocycles. The lowest BCUT2D eigenvalue weighted by Gasteiger charge is -2.09. The van der Waals surface area contributed by atoms with Crippen LogP contribution in [0.3, 0.4) is 0 Å². The highest BCUT2D eigenvalue weighted by molar-refractivity contribution is 8.13. The molecule has 0 aliphatic carbocycles. The van der Waals surface area contributed by atoms with Crippen molar-refractivity contribution in [3.05, 3.63) is 40.2 Å². The maximum atomic E-state index is 11.7. The summed E-state index contributed by atoms with van der Waals surface area (Å²) in [5, 5.41) is 5.03. The molecule has 0 spiro atoms. The Labute approximate surface area is 133 Å². The third kappa shape index (κ3) is 4.04. The molecule has 0 bridgehead atoms. The van der Waals surface area contributed by atoms with Crippen molar-refractivity contribution in [3.8, 4) is 5.75 Å². The van der Waals surface area contributed by atoms with Crippen LogP contribution in [0.25, 0.3) is 11.0 Å². The number of methoxy groups -OCH3 is 1. The minimum Gasteiger partial charge on any atom is -0.497 e. The van der Waals surface area contributed by atoms with Gasteiger partial charge in [0, 0.05) is 36.4 Å². The van der Waals surface area contributed by atoms with Crippen molar-refractivity contribution in [2.75, 3.05) is 20.2 Å². The zero-order valence-corrected chi connectivity index (χ0v) is 13.8. The van der Waals surface area contributed by atoms with E-state index in [9.17, 15) is 4.79 Å². The summed E-state index contributed by atoms with van der Waals surface area (Å²) in [5.41, 5.74) is 1.12. The molecule has 2 rings (SSSR count). The zero-order valence-electron chi connectivity index (χ0n) is 13.0. The number of aliphatic imine (C=N–C) groups is 1. The van der Waals surface area contributed by atoms with Crippen LogP contribution < -0.4 is 15.7 Å². The number of hydrogen-bond donors (Lipinski definition) is 1. The SMILES string of the molecule is CCN=C(NCC)SCc1cc(=O)oc2cc(OC)ccc12. The highest BCUT2D eigenvalue weighted by Crippen LogP contribution is 2.25. The van der Waals surface area contributed by atoms with Crippen molar-refractivity contribution < 1.29 is 9.15 Å². The monoisotopic (exact) mass is 320 g/mol. The highest BCUT2D eigenvalue weighted by atomic mass is 32.2. The molecule has 0 atom stereocenters. The number of benzene rings is 1. The van der Waals surface area contributed by atoms with Gasteiger partial charge in [-0.1, -0.05) is 11.8 Å². The van der Waals surface area contributed by atoms with Gasteiger partial charge in [0.05, 0.1) is 7.11 Å². The van der Waals surface area contributed by atoms with Gasteiger partial charge < -0.3 is 14.5 Å². The Kier molecular flexibility index (Phi) is 5.89. The number of thioether (sulfide) groups is 1. The smallest absolute Gasteiger partial charge is 0.336 e. The van der Waals surface area contributed by atoms with Gasteiger partial charge in [-0.2, -0.15) is 0 Å². The zero-order chi connectivity index (χ0) is 15.9. The van der Waals surface area contributed by atoms with Crippen LogP contribution in [0.5, 0.6) is 5.75 Å². The first-order chi connectivity index (χ1) is 10.7. The minimum absolute atomic E-state index is 0.353. The van der Waals surface area contributed by atoms with E-state index < -0.39 is 0 Å². The van der Waals surface area contributed by atoms with Crippen molar-refractivity contribution in [2.45, 2.75) is 19.6 Å². The van der Waals surface area contributed by atoms with Crippen LogP contribution in [0.1, 0.15) is 19.4 Å². The summed E-state index contributed by atoms with van der Waals surface area (Å²) in [6.45, 7) is 5.58. The summed E-state index contributed by atoms with van der Waals surface area (Å²) in [6.07, 6.45) is 0. The first kappa shape index (κ1) is 16.4. The largest absolute Gasteiger partial charge is 0.497 e. The molecule has 22 heavy (non-hydrogen) atoms. The lowest BCUT2D eigenvalue weighted by atomic mass is 10.1. The molecule has 2 aromatic rings. The summed E-state index contributed by atoms with van der Waals surface area (Å²) in [4.78, 5) is 16.1. The van der Waals surface area contributed by atoms with Gasteiger partial charge in [-0.05, 0) is 31.5 Å². The molecule has 0 saturated heterocycles. The highest BCUT2D eigenvalue weighted by Gasteiger charge is 2.08. The molecule has 1 heterocycles. The summed E-state index contributed by atoms with van der Waals surface area (Å²) in [7, 11) is 1.59. The Hall–Kier alpha value is -1.95. The average molecular weight is 320 g/mol. The van der Waals surface area contributed by atoms with Gasteiger partial charge in [-0.3, -0.25) is 4.99 Å². The number of fused-ring (bicyclic) bond motifs is 1. The van der Waals surface area contributed by atoms with E-state index in [4.69, 9.17) is 9.15 Å². The molecule has 1 aromatic carbocycles. The van der Waals surface area contributed by atoms with E-state index in [0.717, 1.165) is 29.2 Å². The van der Waals surface area contributed by atoms with Gasteiger partial charge in [-0.25, -0.2) is 4.79 Å². The number of ether oxygens (including phenoxy) is 1. The molecule has 0 aliphatic rings. The van der Waals surface area contributed by atoms with Gasteiger partial charge in [0.25, 0.3) is 0 Å². The van der Waals surface area contributed by atoms with E-state index in [2.05, 4.69) is 10.3 Å². The summed E-state index contributed by atoms with van der Waals surface area (Å²) < 4.78 is 10.4. The standard InChI is InChI=1S/C16H20N2O3S/c1-4-17-16(18-5-2)22-10-11-8-15(19)21-14-9-12(20-3)6-7-13(11)14/h6-9H,4-5,10H2,1-3H3,(H,17,18). The number of nitrogens with zero attached hydrogens (tertiary/aromatic N) is 1. The van der Waals surface area contributed by atoms with Crippen LogP contribution in [-0.2, 0) is 5.75 Å². The first-order valence-electron chi connectivity index (χ1n) is 7.19. The Bertz CT molecular complexity index is 725. The van der Waals surface area contributed by atoms with Crippen LogP contribution in [0, 0.1) is 0 Å². The Balaban J connectivity index is 2.30. The van der Waals surface area contributed by atoms with Crippen LogP contribution in [-0.4, -0.2) is 25.4 Å². The van der Waals surface area contributed by atoms with Crippen molar-refractivity contribution in [1.82, 2.24) is 5.32 Å². The minimum atomic E-state index is -0.353. The molecular formula is C16H20N2O3S. The predicted molar refractivity (Wildman–Crippen MR) is 92.0 cm³/mol. The fourth-order valence-corrected chi connectivity index (χ4v) is 3.05. The van der Waals surface area contributed by atoms with Crippen LogP contribution >= 0.6 is 11.8 Å². The molecule has 0 unspecified atom stereocenters. The second kappa shape index (κ2) is 7.89. The fraction of sp³-hybridized carbons (Fsp3) is 0.375. The van der Waals surface area contributed by atoms with E-state index >= 15 is 0 Å². The molecule has 1 aromatic heterocycles. The molecule has 118 valence electrons. The van der Waals surface area contributed by atoms with Gasteiger partial charge in [-0.15, -0.1) is 0 Å². The maximum Gasteiger partial charge on any atom is 0.336 e. The quantitative estimate of drug-likeness (QED) is 0.521. The van der Waals surface area contributed by atoms with Crippen molar-refractivity contribution in [3.63, 3.8) is 0 Å². The average Bonchev–Trinajstić information content (AvgIpc) is 2.51. The molecule has 1 N–H and O–H groups in total. The summed E-state index contributed by atoms with van der Waals surface area (Å²) in [6, 6.07) is 7.05. The molecule has 6 heteroatoms. The molecule has 5 nitrogen and oxygen atoms in total. The summed E-state index contributed by atoms with van der Waals surface area (Å²) >= 11 is 1.58. The molecular weight excluding hydrogens is 300 g/mol. The number of nitrogens with one attached hydrogen (secondary N) is 1. The number of amidine groups is 1. The normalized spacial score (nSPS) is 11.7. The summed E-state index contributed by atoms with van der Waals surface area (Å²) in [5.74, 6) is 1.32. The lowest BCUT2D eigenvalue weighted by molar-refractivity contribution is 0.414. The molecule has 0 amide bonds. The topological polar surface area (TPSA) is 63.8 Å². The van der Waals surface area contributed by atoms with E-state index in [1.807, 2.05) is 26.0 Å². The van der Waals surface area contributed by atoms with Crippen molar-refractivity contribution in [2.24, 2.45) is 4.99 Å². The van der Waals surface area contributed by atoms with Gasteiger partial charge in [0.15, 0.2) is 5.17 Å². The second-order valence-corrected chi connectivity index (χ2v) is 5.52. The van der Waals surface area contributed by atoms with E-state index in [1.165, 1.54) is 6.07 Å². The van der Waals surface area contributed by atoms with E-state index in [1.54, 1.807) is 24.9 Å². The molecule has 0 saturated carbocycles. The number of hydrogen-bond acceptors (Lipinski definition) is 5. The first-order valence-corrected chi connectivity index (χ1v) is 8.18. The lowest BCUT2D eigenvalue weighted by Crippen LogP contribution is -2.20. The van der Waals surface area contributed by atoms with Gasteiger partial charge in [0.1, 0.15) is 11.3 Å². The van der Waals surface area contributed by atoms with Gasteiger partial charge in [0.2, 0.25) is 0 Å². The third-order valence-corrected chi connectivity index (χ3v) is 4.03. The molecule has 0 radical (unpaired) electrons. The van der Waals surface area contributed by atoms with Crippen LogP contribution in [0.4, 0.5) is 0 Å². The van der Waals surface area contributed by atoms with Crippen molar-refractivity contribution >= 4 is 27.9 Å². The third-order valence-electron chi connectivity index (χ3n) is 3.03. The Morgan fingerprint density at radius 2 is 2.18 bits per heavy atom. The predicted octanol–water partition coefficient (Wildman–Crippen LogP) is 3.02. The van der Waals surface area contributed by atoms with E-state index in [0.29, 0.717) is 17.1 Å². The van der Waals surface area contributed by atoms with Crippen LogP contribution in [0.15, 0.2) is 38.5 Å². The maximum absolute atomic E-state index is 11.7.